The minimum Gasteiger partial charge on any atom is -0.383 e. The Kier molecular flexibility index (Phi) is 9.20. The van der Waals surface area contributed by atoms with Gasteiger partial charge in [-0.25, -0.2) is 4.79 Å². The summed E-state index contributed by atoms with van der Waals surface area (Å²) in [7, 11) is 3.55. The maximum absolute atomic E-state index is 13.1. The predicted molar refractivity (Wildman–Crippen MR) is 120 cm³/mol. The number of benzene rings is 1. The summed E-state index contributed by atoms with van der Waals surface area (Å²) in [5.41, 5.74) is 1.64. The average molecular weight is 435 g/mol. The number of amides is 3. The molecule has 0 saturated carbocycles. The van der Waals surface area contributed by atoms with Gasteiger partial charge in [-0.1, -0.05) is 18.5 Å². The summed E-state index contributed by atoms with van der Waals surface area (Å²) in [6, 6.07) is 10.4. The highest BCUT2D eigenvalue weighted by Gasteiger charge is 2.25. The van der Waals surface area contributed by atoms with Gasteiger partial charge >= 0.3 is 6.03 Å². The van der Waals surface area contributed by atoms with Crippen LogP contribution in [0.4, 0.5) is 10.5 Å². The molecule has 164 valence electrons. The van der Waals surface area contributed by atoms with Gasteiger partial charge in [-0.3, -0.25) is 4.79 Å². The van der Waals surface area contributed by atoms with Crippen molar-refractivity contribution in [2.75, 3.05) is 32.1 Å². The van der Waals surface area contributed by atoms with Crippen LogP contribution in [0.1, 0.15) is 26.0 Å². The smallest absolute Gasteiger partial charge is 0.322 e. The molecule has 8 heteroatoms. The Balaban J connectivity index is 2.12. The van der Waals surface area contributed by atoms with Gasteiger partial charge in [0.25, 0.3) is 0 Å². The van der Waals surface area contributed by atoms with Crippen molar-refractivity contribution in [2.45, 2.75) is 32.9 Å². The van der Waals surface area contributed by atoms with Gasteiger partial charge in [-0.15, -0.1) is 0 Å². The van der Waals surface area contributed by atoms with Crippen molar-refractivity contribution in [3.05, 3.63) is 53.3 Å². The topological polar surface area (TPSA) is 66.8 Å². The van der Waals surface area contributed by atoms with E-state index >= 15 is 0 Å². The molecule has 1 atom stereocenters. The van der Waals surface area contributed by atoms with Crippen LogP contribution < -0.4 is 5.32 Å². The van der Waals surface area contributed by atoms with Crippen LogP contribution in [0.5, 0.6) is 0 Å². The number of urea groups is 1. The van der Waals surface area contributed by atoms with Gasteiger partial charge in [-0.2, -0.15) is 0 Å². The third kappa shape index (κ3) is 6.78. The van der Waals surface area contributed by atoms with E-state index in [0.717, 1.165) is 12.1 Å². The first-order valence-corrected chi connectivity index (χ1v) is 10.4. The van der Waals surface area contributed by atoms with Crippen molar-refractivity contribution in [2.24, 2.45) is 7.05 Å². The fourth-order valence-corrected chi connectivity index (χ4v) is 3.10. The molecule has 0 aliphatic rings. The summed E-state index contributed by atoms with van der Waals surface area (Å²) in [5.74, 6) is -0.125. The number of carbonyl (C=O) groups is 2. The van der Waals surface area contributed by atoms with Crippen molar-refractivity contribution in [1.29, 1.82) is 0 Å². The Bertz CT molecular complexity index is 822. The second kappa shape index (κ2) is 11.6. The summed E-state index contributed by atoms with van der Waals surface area (Å²) >= 11 is 5.91. The largest absolute Gasteiger partial charge is 0.383 e. The van der Waals surface area contributed by atoms with E-state index in [1.54, 1.807) is 41.2 Å². The van der Waals surface area contributed by atoms with Crippen molar-refractivity contribution >= 4 is 29.2 Å². The summed E-state index contributed by atoms with van der Waals surface area (Å²) in [6.45, 7) is 5.25. The molecular formula is C22H31ClN4O3. The molecule has 1 heterocycles. The number of halogens is 1. The van der Waals surface area contributed by atoms with Crippen molar-refractivity contribution in [1.82, 2.24) is 14.4 Å². The highest BCUT2D eigenvalue weighted by Crippen LogP contribution is 2.15. The van der Waals surface area contributed by atoms with Crippen LogP contribution >= 0.6 is 11.6 Å². The van der Waals surface area contributed by atoms with E-state index in [-0.39, 0.29) is 24.5 Å². The number of aromatic nitrogens is 1. The fourth-order valence-electron chi connectivity index (χ4n) is 2.97. The lowest BCUT2D eigenvalue weighted by Crippen LogP contribution is -2.48. The van der Waals surface area contributed by atoms with Crippen molar-refractivity contribution < 1.29 is 14.3 Å². The molecule has 1 unspecified atom stereocenters. The van der Waals surface area contributed by atoms with Crippen LogP contribution in [0, 0.1) is 0 Å². The first-order valence-electron chi connectivity index (χ1n) is 10.1. The van der Waals surface area contributed by atoms with Crippen LogP contribution in [0.15, 0.2) is 42.6 Å². The number of aryl methyl sites for hydroxylation is 1. The zero-order valence-corrected chi connectivity index (χ0v) is 18.9. The van der Waals surface area contributed by atoms with Crippen molar-refractivity contribution in [3.63, 3.8) is 0 Å². The van der Waals surface area contributed by atoms with Gasteiger partial charge in [-0.05, 0) is 49.7 Å². The molecule has 7 nitrogen and oxygen atoms in total. The molecule has 1 aromatic carbocycles. The second-order valence-electron chi connectivity index (χ2n) is 7.24. The van der Waals surface area contributed by atoms with Crippen LogP contribution in [-0.4, -0.2) is 59.2 Å². The summed E-state index contributed by atoms with van der Waals surface area (Å²) in [4.78, 5) is 29.4. The number of methoxy groups -OCH3 is 1. The zero-order valence-electron chi connectivity index (χ0n) is 18.1. The Morgan fingerprint density at radius 1 is 1.23 bits per heavy atom. The highest BCUT2D eigenvalue weighted by atomic mass is 35.5. The van der Waals surface area contributed by atoms with E-state index in [9.17, 15) is 9.59 Å². The van der Waals surface area contributed by atoms with Gasteiger partial charge in [0.1, 0.15) is 6.54 Å². The molecule has 2 rings (SSSR count). The van der Waals surface area contributed by atoms with Gasteiger partial charge < -0.3 is 24.4 Å². The highest BCUT2D eigenvalue weighted by molar-refractivity contribution is 6.30. The summed E-state index contributed by atoms with van der Waals surface area (Å²) in [6.07, 6.45) is 2.68. The minimum absolute atomic E-state index is 0.0113. The molecule has 0 spiro atoms. The summed E-state index contributed by atoms with van der Waals surface area (Å²) in [5, 5.41) is 3.45. The molecule has 0 fully saturated rings. The number of hydrogen-bond acceptors (Lipinski definition) is 3. The van der Waals surface area contributed by atoms with Crippen molar-refractivity contribution in [3.8, 4) is 0 Å². The SMILES string of the molecule is CCC(C)N(CC(=O)N(CCOC)Cc1cccn1C)C(=O)Nc1ccc(Cl)cc1. The molecule has 30 heavy (non-hydrogen) atoms. The van der Waals surface area contributed by atoms with E-state index in [1.807, 2.05) is 43.8 Å². The Labute approximate surface area is 183 Å². The average Bonchev–Trinajstić information content (AvgIpc) is 3.14. The maximum atomic E-state index is 13.1. The second-order valence-corrected chi connectivity index (χ2v) is 7.68. The number of nitrogens with one attached hydrogen (secondary N) is 1. The molecule has 0 aliphatic heterocycles. The number of anilines is 1. The van der Waals surface area contributed by atoms with E-state index in [1.165, 1.54) is 0 Å². The van der Waals surface area contributed by atoms with E-state index in [4.69, 9.17) is 16.3 Å². The first-order chi connectivity index (χ1) is 14.3. The van der Waals surface area contributed by atoms with Gasteiger partial charge in [0, 0.05) is 49.3 Å². The Morgan fingerprint density at radius 3 is 2.50 bits per heavy atom. The van der Waals surface area contributed by atoms with Gasteiger partial charge in [0.2, 0.25) is 5.91 Å². The Hall–Kier alpha value is -2.51. The molecule has 1 N–H and O–H groups in total. The molecule has 0 saturated heterocycles. The lowest BCUT2D eigenvalue weighted by atomic mass is 10.2. The molecule has 0 radical (unpaired) electrons. The third-order valence-corrected chi connectivity index (χ3v) is 5.36. The van der Waals surface area contributed by atoms with Crippen LogP contribution in [0.3, 0.4) is 0 Å². The number of ether oxygens (including phenoxy) is 1. The lowest BCUT2D eigenvalue weighted by Gasteiger charge is -2.31. The lowest BCUT2D eigenvalue weighted by molar-refractivity contribution is -0.133. The monoisotopic (exact) mass is 434 g/mol. The standard InChI is InChI=1S/C22H31ClN4O3/c1-5-17(2)27(22(29)24-19-10-8-18(23)9-11-19)16-21(28)26(13-14-30-4)15-20-7-6-12-25(20)3/h6-12,17H,5,13-16H2,1-4H3,(H,24,29). The maximum Gasteiger partial charge on any atom is 0.322 e. The Morgan fingerprint density at radius 2 is 1.93 bits per heavy atom. The zero-order chi connectivity index (χ0) is 22.1. The molecule has 3 amide bonds. The van der Waals surface area contributed by atoms with E-state index in [0.29, 0.717) is 30.4 Å². The molecule has 2 aromatic rings. The van der Waals surface area contributed by atoms with Gasteiger partial charge in [0.15, 0.2) is 0 Å². The fraction of sp³-hybridized carbons (Fsp3) is 0.455. The molecular weight excluding hydrogens is 404 g/mol. The quantitative estimate of drug-likeness (QED) is 0.614. The molecule has 0 bridgehead atoms. The number of rotatable bonds is 10. The van der Waals surface area contributed by atoms with Gasteiger partial charge in [0.05, 0.1) is 13.2 Å². The molecule has 0 aliphatic carbocycles. The predicted octanol–water partition coefficient (Wildman–Crippen LogP) is 3.99. The normalized spacial score (nSPS) is 11.8. The number of carbonyl (C=O) groups excluding carboxylic acids is 2. The van der Waals surface area contributed by atoms with Crippen LogP contribution in [0.25, 0.3) is 0 Å². The number of hydrogen-bond donors (Lipinski definition) is 1. The van der Waals surface area contributed by atoms with Crippen LogP contribution in [-0.2, 0) is 23.1 Å². The third-order valence-electron chi connectivity index (χ3n) is 5.11. The van der Waals surface area contributed by atoms with Crippen LogP contribution in [0.2, 0.25) is 5.02 Å². The number of nitrogens with zero attached hydrogens (tertiary/aromatic N) is 3. The minimum atomic E-state index is -0.314. The first kappa shape index (κ1) is 23.8. The van der Waals surface area contributed by atoms with E-state index < -0.39 is 0 Å². The van der Waals surface area contributed by atoms with E-state index in [2.05, 4.69) is 5.32 Å². The summed E-state index contributed by atoms with van der Waals surface area (Å²) < 4.78 is 7.16. The molecule has 1 aromatic heterocycles.